The van der Waals surface area contributed by atoms with Crippen molar-refractivity contribution >= 4 is 39.7 Å². The maximum absolute atomic E-state index is 13.4. The summed E-state index contributed by atoms with van der Waals surface area (Å²) in [4.78, 5) is 19.4. The van der Waals surface area contributed by atoms with Gasteiger partial charge in [-0.25, -0.2) is 9.37 Å². The average Bonchev–Trinajstić information content (AvgIpc) is 3.21. The molecule has 2 aromatic carbocycles. The molecule has 1 aliphatic heterocycles. The first-order valence-corrected chi connectivity index (χ1v) is 13.6. The Hall–Kier alpha value is -3.04. The second-order valence-corrected chi connectivity index (χ2v) is 10.3. The van der Waals surface area contributed by atoms with E-state index in [9.17, 15) is 9.18 Å². The third kappa shape index (κ3) is 6.02. The Balaban J connectivity index is 1.19. The van der Waals surface area contributed by atoms with Gasteiger partial charge in [0.1, 0.15) is 11.3 Å². The van der Waals surface area contributed by atoms with E-state index in [1.54, 1.807) is 12.1 Å². The van der Waals surface area contributed by atoms with E-state index in [1.165, 1.54) is 43.2 Å². The van der Waals surface area contributed by atoms with Crippen molar-refractivity contribution in [1.82, 2.24) is 30.0 Å². The number of halogens is 1. The zero-order chi connectivity index (χ0) is 24.7. The standard InChI is InChI=1S/C27H31FN6OS/c28-21-12-10-20(11-13-21)19-34-23-8-3-2-7-22(23)25-26(34)30-27(32-31-25)36-18-6-9-24(35)29-14-17-33-15-4-1-5-16-33/h2-3,7-8,10-13H,1,4-6,9,14-19H2,(H,29,35). The molecular formula is C27H31FN6OS. The molecule has 7 nitrogen and oxygen atoms in total. The number of hydrogen-bond donors (Lipinski definition) is 1. The summed E-state index contributed by atoms with van der Waals surface area (Å²) in [6.45, 7) is 4.51. The number of fused-ring (bicyclic) bond motifs is 3. The molecular weight excluding hydrogens is 475 g/mol. The van der Waals surface area contributed by atoms with Gasteiger partial charge in [-0.3, -0.25) is 4.79 Å². The van der Waals surface area contributed by atoms with Crippen molar-refractivity contribution in [2.75, 3.05) is 31.9 Å². The van der Waals surface area contributed by atoms with E-state index in [1.807, 2.05) is 24.3 Å². The second-order valence-electron chi connectivity index (χ2n) is 9.20. The molecule has 0 unspecified atom stereocenters. The summed E-state index contributed by atoms with van der Waals surface area (Å²) in [5.74, 6) is 0.589. The van der Waals surface area contributed by atoms with Gasteiger partial charge in [0, 0.05) is 37.2 Å². The van der Waals surface area contributed by atoms with Gasteiger partial charge in [0.15, 0.2) is 5.65 Å². The summed E-state index contributed by atoms with van der Waals surface area (Å²) < 4.78 is 15.5. The molecule has 9 heteroatoms. The zero-order valence-corrected chi connectivity index (χ0v) is 21.1. The highest BCUT2D eigenvalue weighted by molar-refractivity contribution is 7.99. The first-order valence-electron chi connectivity index (χ1n) is 12.7. The van der Waals surface area contributed by atoms with Gasteiger partial charge < -0.3 is 14.8 Å². The molecule has 0 aliphatic carbocycles. The number of nitrogens with one attached hydrogen (secondary N) is 1. The van der Waals surface area contributed by atoms with Crippen LogP contribution in [0.1, 0.15) is 37.7 Å². The van der Waals surface area contributed by atoms with Crippen LogP contribution in [0.15, 0.2) is 53.7 Å². The summed E-state index contributed by atoms with van der Waals surface area (Å²) in [7, 11) is 0. The van der Waals surface area contributed by atoms with Crippen LogP contribution in [0.3, 0.4) is 0 Å². The van der Waals surface area contributed by atoms with E-state index in [-0.39, 0.29) is 11.7 Å². The molecule has 0 spiro atoms. The Kier molecular flexibility index (Phi) is 8.08. The van der Waals surface area contributed by atoms with Crippen LogP contribution in [0, 0.1) is 5.82 Å². The van der Waals surface area contributed by atoms with Crippen molar-refractivity contribution in [2.24, 2.45) is 0 Å². The van der Waals surface area contributed by atoms with Crippen molar-refractivity contribution in [2.45, 2.75) is 43.8 Å². The highest BCUT2D eigenvalue weighted by atomic mass is 32.2. The number of nitrogens with zero attached hydrogens (tertiary/aromatic N) is 5. The molecule has 5 rings (SSSR count). The minimum atomic E-state index is -0.251. The predicted octanol–water partition coefficient (Wildman–Crippen LogP) is 4.64. The number of likely N-dealkylation sites (tertiary alicyclic amines) is 1. The minimum absolute atomic E-state index is 0.0986. The van der Waals surface area contributed by atoms with Crippen LogP contribution in [-0.4, -0.2) is 62.5 Å². The fourth-order valence-electron chi connectivity index (χ4n) is 4.70. The van der Waals surface area contributed by atoms with E-state index < -0.39 is 0 Å². The van der Waals surface area contributed by atoms with Gasteiger partial charge in [-0.1, -0.05) is 48.5 Å². The number of thioether (sulfide) groups is 1. The molecule has 1 fully saturated rings. The normalized spacial score (nSPS) is 14.5. The Morgan fingerprint density at radius 2 is 1.83 bits per heavy atom. The van der Waals surface area contributed by atoms with Gasteiger partial charge in [-0.15, -0.1) is 10.2 Å². The molecule has 36 heavy (non-hydrogen) atoms. The van der Waals surface area contributed by atoms with Crippen LogP contribution in [-0.2, 0) is 11.3 Å². The van der Waals surface area contributed by atoms with Gasteiger partial charge >= 0.3 is 0 Å². The van der Waals surface area contributed by atoms with E-state index >= 15 is 0 Å². The maximum Gasteiger partial charge on any atom is 0.220 e. The number of benzene rings is 2. The maximum atomic E-state index is 13.4. The Morgan fingerprint density at radius 3 is 2.67 bits per heavy atom. The lowest BCUT2D eigenvalue weighted by molar-refractivity contribution is -0.121. The summed E-state index contributed by atoms with van der Waals surface area (Å²) >= 11 is 1.51. The lowest BCUT2D eigenvalue weighted by Gasteiger charge is -2.26. The molecule has 188 valence electrons. The Bertz CT molecular complexity index is 1320. The highest BCUT2D eigenvalue weighted by Gasteiger charge is 2.15. The van der Waals surface area contributed by atoms with Crippen LogP contribution >= 0.6 is 11.8 Å². The number of amides is 1. The first kappa shape index (κ1) is 24.6. The number of para-hydroxylation sites is 1. The molecule has 0 saturated carbocycles. The number of carbonyl (C=O) groups excluding carboxylic acids is 1. The van der Waals surface area contributed by atoms with Crippen molar-refractivity contribution in [3.8, 4) is 0 Å². The molecule has 3 heterocycles. The fraction of sp³-hybridized carbons (Fsp3) is 0.407. The first-order chi connectivity index (χ1) is 17.7. The molecule has 0 radical (unpaired) electrons. The smallest absolute Gasteiger partial charge is 0.220 e. The number of carbonyl (C=O) groups is 1. The SMILES string of the molecule is O=C(CCCSc1nnc2c3ccccc3n(Cc3ccc(F)cc3)c2n1)NCCN1CCCCC1. The summed E-state index contributed by atoms with van der Waals surface area (Å²) in [6.07, 6.45) is 5.10. The van der Waals surface area contributed by atoms with Crippen LogP contribution in [0.25, 0.3) is 22.1 Å². The summed E-state index contributed by atoms with van der Waals surface area (Å²) in [6, 6.07) is 14.6. The molecule has 1 saturated heterocycles. The minimum Gasteiger partial charge on any atom is -0.355 e. The number of hydrogen-bond acceptors (Lipinski definition) is 6. The molecule has 1 aliphatic rings. The van der Waals surface area contributed by atoms with Crippen molar-refractivity contribution < 1.29 is 9.18 Å². The Labute approximate surface area is 214 Å². The topological polar surface area (TPSA) is 75.9 Å². The third-order valence-electron chi connectivity index (χ3n) is 6.59. The largest absolute Gasteiger partial charge is 0.355 e. The molecule has 1 N–H and O–H groups in total. The van der Waals surface area contributed by atoms with Gasteiger partial charge in [0.2, 0.25) is 11.1 Å². The fourth-order valence-corrected chi connectivity index (χ4v) is 5.42. The van der Waals surface area contributed by atoms with Gasteiger partial charge in [-0.2, -0.15) is 0 Å². The summed E-state index contributed by atoms with van der Waals surface area (Å²) in [5.41, 5.74) is 3.51. The predicted molar refractivity (Wildman–Crippen MR) is 142 cm³/mol. The van der Waals surface area contributed by atoms with Gasteiger partial charge in [0.25, 0.3) is 0 Å². The summed E-state index contributed by atoms with van der Waals surface area (Å²) in [5, 5.41) is 13.5. The quantitative estimate of drug-likeness (QED) is 0.249. The molecule has 0 bridgehead atoms. The van der Waals surface area contributed by atoms with Crippen LogP contribution in [0.4, 0.5) is 4.39 Å². The van der Waals surface area contributed by atoms with Gasteiger partial charge in [-0.05, 0) is 56.1 Å². The monoisotopic (exact) mass is 506 g/mol. The molecule has 2 aromatic heterocycles. The molecule has 0 atom stereocenters. The number of aromatic nitrogens is 4. The van der Waals surface area contributed by atoms with Crippen LogP contribution < -0.4 is 5.32 Å². The third-order valence-corrected chi connectivity index (χ3v) is 7.51. The molecule has 1 amide bonds. The van der Waals surface area contributed by atoms with Crippen LogP contribution in [0.2, 0.25) is 0 Å². The van der Waals surface area contributed by atoms with E-state index in [0.29, 0.717) is 24.7 Å². The van der Waals surface area contributed by atoms with Gasteiger partial charge in [0.05, 0.1) is 5.52 Å². The van der Waals surface area contributed by atoms with Crippen molar-refractivity contribution in [3.63, 3.8) is 0 Å². The highest BCUT2D eigenvalue weighted by Crippen LogP contribution is 2.28. The van der Waals surface area contributed by atoms with E-state index in [0.717, 1.165) is 59.4 Å². The number of rotatable bonds is 10. The van der Waals surface area contributed by atoms with Crippen molar-refractivity contribution in [3.05, 3.63) is 59.9 Å². The number of piperidine rings is 1. The molecule has 4 aromatic rings. The van der Waals surface area contributed by atoms with E-state index in [2.05, 4.69) is 25.0 Å². The van der Waals surface area contributed by atoms with E-state index in [4.69, 9.17) is 4.98 Å². The zero-order valence-electron chi connectivity index (χ0n) is 20.3. The average molecular weight is 507 g/mol. The lowest BCUT2D eigenvalue weighted by atomic mass is 10.1. The Morgan fingerprint density at radius 1 is 1.03 bits per heavy atom. The van der Waals surface area contributed by atoms with Crippen molar-refractivity contribution in [1.29, 1.82) is 0 Å². The van der Waals surface area contributed by atoms with Crippen LogP contribution in [0.5, 0.6) is 0 Å². The second kappa shape index (κ2) is 11.8. The lowest BCUT2D eigenvalue weighted by Crippen LogP contribution is -2.37.